The summed E-state index contributed by atoms with van der Waals surface area (Å²) < 4.78 is 30.8. The summed E-state index contributed by atoms with van der Waals surface area (Å²) in [7, 11) is 1.41. The second kappa shape index (κ2) is 5.05. The van der Waals surface area contributed by atoms with Crippen molar-refractivity contribution in [2.75, 3.05) is 7.11 Å². The number of aromatic amines is 1. The molecule has 0 radical (unpaired) electrons. The van der Waals surface area contributed by atoms with E-state index in [1.165, 1.54) is 31.4 Å². The summed E-state index contributed by atoms with van der Waals surface area (Å²) >= 11 is 0. The molecule has 1 aromatic heterocycles. The Morgan fingerprint density at radius 2 is 2.16 bits per heavy atom. The van der Waals surface area contributed by atoms with Gasteiger partial charge in [0.25, 0.3) is 6.43 Å². The highest BCUT2D eigenvalue weighted by Gasteiger charge is 2.18. The molecule has 100 valence electrons. The van der Waals surface area contributed by atoms with Gasteiger partial charge in [0.1, 0.15) is 11.4 Å². The van der Waals surface area contributed by atoms with Crippen molar-refractivity contribution in [2.24, 2.45) is 0 Å². The number of carbonyl (C=O) groups is 1. The average molecular weight is 268 g/mol. The van der Waals surface area contributed by atoms with Gasteiger partial charge in [0.15, 0.2) is 0 Å². The maximum atomic E-state index is 12.9. The first-order chi connectivity index (χ1) is 9.02. The van der Waals surface area contributed by atoms with Gasteiger partial charge in [0.2, 0.25) is 0 Å². The Kier molecular flexibility index (Phi) is 3.46. The predicted octanol–water partition coefficient (Wildman–Crippen LogP) is 2.72. The first kappa shape index (κ1) is 13.0. The number of rotatable bonds is 4. The molecular formula is C12H10F2N2O3. The van der Waals surface area contributed by atoms with Gasteiger partial charge in [-0.2, -0.15) is 5.10 Å². The van der Waals surface area contributed by atoms with Crippen LogP contribution in [0.5, 0.6) is 5.75 Å². The molecule has 1 aromatic carbocycles. The second-order valence-electron chi connectivity index (χ2n) is 3.73. The molecule has 1 heterocycles. The molecule has 2 N–H and O–H groups in total. The highest BCUT2D eigenvalue weighted by Crippen LogP contribution is 2.33. The number of halogens is 2. The largest absolute Gasteiger partial charge is 0.497 e. The Labute approximate surface area is 106 Å². The summed E-state index contributed by atoms with van der Waals surface area (Å²) in [5.41, 5.74) is -0.132. The molecule has 19 heavy (non-hydrogen) atoms. The number of ether oxygens (including phenoxy) is 1. The molecule has 0 saturated heterocycles. The molecule has 2 rings (SSSR count). The maximum absolute atomic E-state index is 12.9. The van der Waals surface area contributed by atoms with E-state index in [4.69, 9.17) is 9.84 Å². The number of nitrogens with zero attached hydrogens (tertiary/aromatic N) is 1. The highest BCUT2D eigenvalue weighted by atomic mass is 19.3. The number of H-pyrrole nitrogens is 1. The van der Waals surface area contributed by atoms with Gasteiger partial charge in [-0.3, -0.25) is 5.10 Å². The maximum Gasteiger partial charge on any atom is 0.353 e. The lowest BCUT2D eigenvalue weighted by molar-refractivity contribution is 0.0690. The molecule has 0 aliphatic rings. The van der Waals surface area contributed by atoms with Gasteiger partial charge in [-0.05, 0) is 24.3 Å². The minimum absolute atomic E-state index is 0.131. The van der Waals surface area contributed by atoms with Crippen LogP contribution in [0.1, 0.15) is 22.5 Å². The van der Waals surface area contributed by atoms with E-state index in [-0.39, 0.29) is 22.5 Å². The van der Waals surface area contributed by atoms with Crippen molar-refractivity contribution in [3.63, 3.8) is 0 Å². The zero-order chi connectivity index (χ0) is 14.0. The molecule has 0 amide bonds. The molecule has 2 aromatic rings. The molecule has 0 atom stereocenters. The Morgan fingerprint density at radius 3 is 2.68 bits per heavy atom. The van der Waals surface area contributed by atoms with E-state index in [0.29, 0.717) is 5.75 Å². The summed E-state index contributed by atoms with van der Waals surface area (Å²) in [6, 6.07) is 5.23. The monoisotopic (exact) mass is 268 g/mol. The van der Waals surface area contributed by atoms with Crippen LogP contribution in [0.25, 0.3) is 11.3 Å². The number of methoxy groups -OCH3 is 1. The standard InChI is InChI=1S/C12H10F2N2O3/c1-19-6-2-3-7(11(13)14)8(4-6)9-5-10(12(17)18)16-15-9/h2-5,11H,1H3,(H,15,16)(H,17,18). The van der Waals surface area contributed by atoms with Gasteiger partial charge in [0, 0.05) is 11.1 Å². The number of hydrogen-bond acceptors (Lipinski definition) is 3. The lowest BCUT2D eigenvalue weighted by Crippen LogP contribution is -1.95. The molecular weight excluding hydrogens is 258 g/mol. The van der Waals surface area contributed by atoms with Crippen molar-refractivity contribution in [3.8, 4) is 17.0 Å². The van der Waals surface area contributed by atoms with Gasteiger partial charge in [0.05, 0.1) is 12.8 Å². The third kappa shape index (κ3) is 2.54. The average Bonchev–Trinajstić information content (AvgIpc) is 2.87. The van der Waals surface area contributed by atoms with Gasteiger partial charge in [-0.15, -0.1) is 0 Å². The summed E-state index contributed by atoms with van der Waals surface area (Å²) in [5.74, 6) is -0.820. The van der Waals surface area contributed by atoms with Gasteiger partial charge < -0.3 is 9.84 Å². The Balaban J connectivity index is 2.54. The number of alkyl halides is 2. The van der Waals surface area contributed by atoms with Crippen molar-refractivity contribution in [1.29, 1.82) is 0 Å². The lowest BCUT2D eigenvalue weighted by Gasteiger charge is -2.08. The smallest absolute Gasteiger partial charge is 0.353 e. The zero-order valence-electron chi connectivity index (χ0n) is 9.85. The Hall–Kier alpha value is -2.44. The summed E-state index contributed by atoms with van der Waals surface area (Å²) in [4.78, 5) is 10.7. The van der Waals surface area contributed by atoms with Crippen LogP contribution in [0.3, 0.4) is 0 Å². The van der Waals surface area contributed by atoms with Crippen LogP contribution in [-0.2, 0) is 0 Å². The zero-order valence-corrected chi connectivity index (χ0v) is 9.85. The van der Waals surface area contributed by atoms with Crippen LogP contribution in [0, 0.1) is 0 Å². The first-order valence-corrected chi connectivity index (χ1v) is 5.28. The van der Waals surface area contributed by atoms with Crippen molar-refractivity contribution >= 4 is 5.97 Å². The summed E-state index contributed by atoms with van der Waals surface area (Å²) in [6.07, 6.45) is -2.69. The normalized spacial score (nSPS) is 10.7. The quantitative estimate of drug-likeness (QED) is 0.894. The van der Waals surface area contributed by atoms with E-state index >= 15 is 0 Å². The Morgan fingerprint density at radius 1 is 1.42 bits per heavy atom. The van der Waals surface area contributed by atoms with Crippen LogP contribution in [0.2, 0.25) is 0 Å². The molecule has 0 unspecified atom stereocenters. The van der Waals surface area contributed by atoms with Crippen molar-refractivity contribution in [2.45, 2.75) is 6.43 Å². The summed E-state index contributed by atoms with van der Waals surface area (Å²) in [5, 5.41) is 14.8. The van der Waals surface area contributed by atoms with Gasteiger partial charge >= 0.3 is 5.97 Å². The minimum atomic E-state index is -2.69. The first-order valence-electron chi connectivity index (χ1n) is 5.28. The number of aromatic nitrogens is 2. The molecule has 0 fully saturated rings. The van der Waals surface area contributed by atoms with Crippen LogP contribution in [0.4, 0.5) is 8.78 Å². The van der Waals surface area contributed by atoms with E-state index in [1.807, 2.05) is 0 Å². The van der Waals surface area contributed by atoms with Crippen LogP contribution in [-0.4, -0.2) is 28.4 Å². The molecule has 0 bridgehead atoms. The van der Waals surface area contributed by atoms with E-state index in [2.05, 4.69) is 10.2 Å². The lowest BCUT2D eigenvalue weighted by atomic mass is 10.0. The third-order valence-corrected chi connectivity index (χ3v) is 2.58. The van der Waals surface area contributed by atoms with E-state index < -0.39 is 12.4 Å². The van der Waals surface area contributed by atoms with E-state index in [0.717, 1.165) is 0 Å². The van der Waals surface area contributed by atoms with Crippen LogP contribution in [0.15, 0.2) is 24.3 Å². The minimum Gasteiger partial charge on any atom is -0.497 e. The molecule has 7 heteroatoms. The highest BCUT2D eigenvalue weighted by molar-refractivity contribution is 5.87. The van der Waals surface area contributed by atoms with Crippen molar-refractivity contribution in [1.82, 2.24) is 10.2 Å². The molecule has 5 nitrogen and oxygen atoms in total. The second-order valence-corrected chi connectivity index (χ2v) is 3.73. The Bertz CT molecular complexity index is 611. The van der Waals surface area contributed by atoms with Gasteiger partial charge in [-0.25, -0.2) is 13.6 Å². The number of aromatic carboxylic acids is 1. The molecule has 0 aliphatic heterocycles. The SMILES string of the molecule is COc1ccc(C(F)F)c(-c2cc(C(=O)O)[nH]n2)c1. The molecule has 0 aliphatic carbocycles. The number of carboxylic acids is 1. The van der Waals surface area contributed by atoms with Gasteiger partial charge in [-0.1, -0.05) is 0 Å². The van der Waals surface area contributed by atoms with Crippen molar-refractivity contribution in [3.05, 3.63) is 35.5 Å². The van der Waals surface area contributed by atoms with Crippen LogP contribution < -0.4 is 4.74 Å². The number of benzene rings is 1. The van der Waals surface area contributed by atoms with E-state index in [9.17, 15) is 13.6 Å². The number of carboxylic acid groups (broad SMARTS) is 1. The fourth-order valence-corrected chi connectivity index (χ4v) is 1.64. The van der Waals surface area contributed by atoms with E-state index in [1.54, 1.807) is 0 Å². The summed E-state index contributed by atoms with van der Waals surface area (Å²) in [6.45, 7) is 0. The third-order valence-electron chi connectivity index (χ3n) is 2.58. The fraction of sp³-hybridized carbons (Fsp3) is 0.167. The molecule has 0 spiro atoms. The van der Waals surface area contributed by atoms with Crippen molar-refractivity contribution < 1.29 is 23.4 Å². The fourth-order valence-electron chi connectivity index (χ4n) is 1.64. The molecule has 0 saturated carbocycles. The number of nitrogens with one attached hydrogen (secondary N) is 1. The number of hydrogen-bond donors (Lipinski definition) is 2. The topological polar surface area (TPSA) is 75.2 Å². The predicted molar refractivity (Wildman–Crippen MR) is 62.5 cm³/mol. The van der Waals surface area contributed by atoms with Crippen LogP contribution >= 0.6 is 0 Å².